The Morgan fingerprint density at radius 2 is 2.02 bits per heavy atom. The minimum Gasteiger partial charge on any atom is -0.434 e. The molecule has 1 aliphatic heterocycles. The second kappa shape index (κ2) is 15.5. The lowest BCUT2D eigenvalue weighted by molar-refractivity contribution is -0.131. The van der Waals surface area contributed by atoms with Gasteiger partial charge in [0.1, 0.15) is 18.0 Å². The van der Waals surface area contributed by atoms with Crippen molar-refractivity contribution in [2.24, 2.45) is 10.5 Å². The number of aromatic nitrogens is 3. The number of nitrogens with one attached hydrogen (secondary N) is 4. The van der Waals surface area contributed by atoms with E-state index in [9.17, 15) is 18.4 Å². The fourth-order valence-corrected chi connectivity index (χ4v) is 5.85. The third kappa shape index (κ3) is 8.51. The van der Waals surface area contributed by atoms with Crippen molar-refractivity contribution in [3.63, 3.8) is 0 Å². The van der Waals surface area contributed by atoms with Crippen molar-refractivity contribution < 1.29 is 23.1 Å². The van der Waals surface area contributed by atoms with Gasteiger partial charge in [-0.1, -0.05) is 6.08 Å². The van der Waals surface area contributed by atoms with Crippen molar-refractivity contribution in [2.75, 3.05) is 39.0 Å². The molecule has 15 heteroatoms. The standard InChI is InChI=1S/C32H39F2N9O3S/c1-3-25(37-17-26(44)24-16-40-43-12-4-11-36-30(24)43)29(23-15-22(47-2)5-6-27(23)46-31(33)34)41-39-18-28(45)42-13-7-21(8-14-42)38-20-32(19-35)9-10-32/h3-6,11-12,15-16,19,21,31,35,37-39H,7-10,13-14,17-18,20H2,1-2H3/b25-3+,35-19?,41-29-. The predicted molar refractivity (Wildman–Crippen MR) is 177 cm³/mol. The van der Waals surface area contributed by atoms with Crippen LogP contribution in [0.1, 0.15) is 48.5 Å². The summed E-state index contributed by atoms with van der Waals surface area (Å²) in [5.74, 6) is -0.530. The molecule has 12 nitrogen and oxygen atoms in total. The maximum absolute atomic E-state index is 13.5. The van der Waals surface area contributed by atoms with Crippen LogP contribution < -0.4 is 20.8 Å². The number of halogens is 2. The highest BCUT2D eigenvalue weighted by Gasteiger charge is 2.40. The highest BCUT2D eigenvalue weighted by Crippen LogP contribution is 2.42. The minimum atomic E-state index is -3.08. The summed E-state index contributed by atoms with van der Waals surface area (Å²) >= 11 is 1.42. The lowest BCUT2D eigenvalue weighted by Crippen LogP contribution is -2.48. The van der Waals surface area contributed by atoms with Gasteiger partial charge in [0, 0.05) is 60.2 Å². The highest BCUT2D eigenvalue weighted by molar-refractivity contribution is 7.98. The smallest absolute Gasteiger partial charge is 0.387 e. The van der Waals surface area contributed by atoms with E-state index in [4.69, 9.17) is 10.1 Å². The Morgan fingerprint density at radius 3 is 2.70 bits per heavy atom. The first kappa shape index (κ1) is 34.0. The minimum absolute atomic E-state index is 0.0153. The Labute approximate surface area is 275 Å². The van der Waals surface area contributed by atoms with Crippen molar-refractivity contribution in [1.29, 1.82) is 5.41 Å². The molecule has 4 N–H and O–H groups in total. The predicted octanol–water partition coefficient (Wildman–Crippen LogP) is 3.73. The van der Waals surface area contributed by atoms with Crippen LogP contribution in [0.4, 0.5) is 8.78 Å². The molecular formula is C32H39F2N9O3S. The molecule has 0 unspecified atom stereocenters. The van der Waals surface area contributed by atoms with Gasteiger partial charge in [0.2, 0.25) is 5.91 Å². The Morgan fingerprint density at radius 1 is 1.23 bits per heavy atom. The lowest BCUT2D eigenvalue weighted by atomic mass is 10.0. The molecule has 1 aromatic carbocycles. The fourth-order valence-electron chi connectivity index (χ4n) is 5.41. The molecule has 3 aromatic rings. The van der Waals surface area contributed by atoms with Gasteiger partial charge in [0.25, 0.3) is 0 Å². The number of alkyl halides is 2. The van der Waals surface area contributed by atoms with E-state index in [1.807, 2.05) is 6.26 Å². The van der Waals surface area contributed by atoms with E-state index < -0.39 is 6.61 Å². The summed E-state index contributed by atoms with van der Waals surface area (Å²) in [6.07, 6.45) is 13.5. The maximum atomic E-state index is 13.5. The van der Waals surface area contributed by atoms with Crippen LogP contribution in [0.3, 0.4) is 0 Å². The molecule has 2 aliphatic rings. The Kier molecular flexibility index (Phi) is 11.2. The van der Waals surface area contributed by atoms with E-state index >= 15 is 0 Å². The second-order valence-electron chi connectivity index (χ2n) is 11.5. The summed E-state index contributed by atoms with van der Waals surface area (Å²) in [6, 6.07) is 6.79. The quantitative estimate of drug-likeness (QED) is 0.0776. The number of carbonyl (C=O) groups excluding carboxylic acids is 2. The zero-order valence-corrected chi connectivity index (χ0v) is 27.2. The largest absolute Gasteiger partial charge is 0.434 e. The van der Waals surface area contributed by atoms with Gasteiger partial charge in [-0.15, -0.1) is 11.8 Å². The number of fused-ring (bicyclic) bond motifs is 1. The van der Waals surface area contributed by atoms with E-state index in [1.165, 1.54) is 28.5 Å². The number of amides is 1. The highest BCUT2D eigenvalue weighted by atomic mass is 32.2. The fraction of sp³-hybridized carbons (Fsp3) is 0.438. The first-order chi connectivity index (χ1) is 22.8. The number of hydrogen-bond acceptors (Lipinski definition) is 11. The topological polar surface area (TPSA) is 149 Å². The third-order valence-electron chi connectivity index (χ3n) is 8.43. The molecule has 2 fully saturated rings. The maximum Gasteiger partial charge on any atom is 0.387 e. The van der Waals surface area contributed by atoms with Crippen LogP contribution >= 0.6 is 11.8 Å². The van der Waals surface area contributed by atoms with E-state index in [-0.39, 0.29) is 47.2 Å². The van der Waals surface area contributed by atoms with Gasteiger partial charge in [-0.05, 0) is 63.1 Å². The monoisotopic (exact) mass is 667 g/mol. The number of carbonyl (C=O) groups is 2. The Bertz CT molecular complexity index is 1650. The number of nitrogens with zero attached hydrogens (tertiary/aromatic N) is 5. The molecule has 0 bridgehead atoms. The van der Waals surface area contributed by atoms with Gasteiger partial charge in [0.05, 0.1) is 24.0 Å². The molecule has 5 rings (SSSR count). The Balaban J connectivity index is 1.29. The van der Waals surface area contributed by atoms with Crippen LogP contribution in [0.5, 0.6) is 5.75 Å². The van der Waals surface area contributed by atoms with Gasteiger partial charge in [0.15, 0.2) is 11.4 Å². The molecule has 2 aromatic heterocycles. The number of rotatable bonds is 16. The number of hydrazone groups is 1. The SMILES string of the molecule is C/C=C(NCC(=O)c1cnn2cccnc12)\C(=N/NCC(=O)N1CCC(NCC2(C=N)CC2)CC1)c1cc(SC)ccc1OC(F)F. The first-order valence-electron chi connectivity index (χ1n) is 15.4. The van der Waals surface area contributed by atoms with Crippen molar-refractivity contribution in [1.82, 2.24) is 35.6 Å². The number of allylic oxidation sites excluding steroid dienone is 2. The molecule has 1 aliphatic carbocycles. The summed E-state index contributed by atoms with van der Waals surface area (Å²) in [4.78, 5) is 33.1. The molecule has 0 spiro atoms. The van der Waals surface area contributed by atoms with Gasteiger partial charge >= 0.3 is 6.61 Å². The van der Waals surface area contributed by atoms with Gasteiger partial charge in [-0.25, -0.2) is 9.50 Å². The van der Waals surface area contributed by atoms with Crippen LogP contribution in [-0.4, -0.2) is 94.7 Å². The van der Waals surface area contributed by atoms with Crippen LogP contribution in [0.15, 0.2) is 64.6 Å². The van der Waals surface area contributed by atoms with Crippen LogP contribution in [0.2, 0.25) is 0 Å². The number of Topliss-reactive ketones (excluding diaryl/α,β-unsaturated/α-hetero) is 1. The molecule has 47 heavy (non-hydrogen) atoms. The lowest BCUT2D eigenvalue weighted by Gasteiger charge is -2.33. The van der Waals surface area contributed by atoms with E-state index in [0.29, 0.717) is 36.0 Å². The zero-order valence-electron chi connectivity index (χ0n) is 26.3. The number of hydrogen-bond donors (Lipinski definition) is 4. The zero-order chi connectivity index (χ0) is 33.4. The normalized spacial score (nSPS) is 16.7. The van der Waals surface area contributed by atoms with Crippen molar-refractivity contribution >= 4 is 41.0 Å². The van der Waals surface area contributed by atoms with E-state index in [1.54, 1.807) is 54.7 Å². The molecule has 1 amide bonds. The second-order valence-corrected chi connectivity index (χ2v) is 12.4. The summed E-state index contributed by atoms with van der Waals surface area (Å²) in [7, 11) is 0. The van der Waals surface area contributed by atoms with Gasteiger partial charge in [-0.2, -0.15) is 19.0 Å². The molecule has 1 saturated carbocycles. The van der Waals surface area contributed by atoms with E-state index in [2.05, 4.69) is 31.2 Å². The van der Waals surface area contributed by atoms with Gasteiger partial charge < -0.3 is 25.7 Å². The summed E-state index contributed by atoms with van der Waals surface area (Å²) in [5, 5.41) is 22.9. The van der Waals surface area contributed by atoms with Gasteiger partial charge in [-0.3, -0.25) is 15.0 Å². The summed E-state index contributed by atoms with van der Waals surface area (Å²) in [5.41, 5.74) is 4.41. The molecule has 250 valence electrons. The number of ether oxygens (including phenoxy) is 1. The molecule has 1 saturated heterocycles. The van der Waals surface area contributed by atoms with Crippen LogP contribution in [0.25, 0.3) is 5.65 Å². The average Bonchev–Trinajstić information content (AvgIpc) is 3.75. The number of ketones is 1. The van der Waals surface area contributed by atoms with Crippen molar-refractivity contribution in [3.05, 3.63) is 65.8 Å². The van der Waals surface area contributed by atoms with Crippen LogP contribution in [-0.2, 0) is 4.79 Å². The number of thioether (sulfide) groups is 1. The number of piperidine rings is 1. The first-order valence-corrected chi connectivity index (χ1v) is 16.7. The number of benzene rings is 1. The Hall–Kier alpha value is -4.37. The molecule has 0 atom stereocenters. The molecular weight excluding hydrogens is 628 g/mol. The van der Waals surface area contributed by atoms with Crippen LogP contribution in [0, 0.1) is 10.8 Å². The summed E-state index contributed by atoms with van der Waals surface area (Å²) < 4.78 is 33.3. The molecule has 3 heterocycles. The van der Waals surface area contributed by atoms with Crippen molar-refractivity contribution in [2.45, 2.75) is 50.2 Å². The third-order valence-corrected chi connectivity index (χ3v) is 9.16. The van der Waals surface area contributed by atoms with E-state index in [0.717, 1.165) is 37.1 Å². The summed E-state index contributed by atoms with van der Waals surface area (Å²) in [6.45, 7) is 0.359. The van der Waals surface area contributed by atoms with Crippen molar-refractivity contribution in [3.8, 4) is 5.75 Å². The average molecular weight is 668 g/mol. The molecule has 0 radical (unpaired) electrons. The number of likely N-dealkylation sites (tertiary alicyclic amines) is 1.